The molecule has 218 valence electrons. The summed E-state index contributed by atoms with van der Waals surface area (Å²) in [5.74, 6) is -3.57. The third kappa shape index (κ3) is 9.25. The highest BCUT2D eigenvalue weighted by Crippen LogP contribution is 2.21. The van der Waals surface area contributed by atoms with E-state index in [-0.39, 0.29) is 23.7 Å². The zero-order valence-electron chi connectivity index (χ0n) is 24.2. The molecule has 1 heterocycles. The first-order valence-corrected chi connectivity index (χ1v) is 13.8. The lowest BCUT2D eigenvalue weighted by Crippen LogP contribution is -2.61. The van der Waals surface area contributed by atoms with Gasteiger partial charge in [-0.3, -0.25) is 19.2 Å². The second-order valence-corrected chi connectivity index (χ2v) is 11.6. The maximum atomic E-state index is 13.5. The van der Waals surface area contributed by atoms with E-state index in [1.165, 1.54) is 4.90 Å². The molecule has 1 aliphatic rings. The largest absolute Gasteiger partial charge is 0.480 e. The molecule has 38 heavy (non-hydrogen) atoms. The van der Waals surface area contributed by atoms with Crippen LogP contribution in [0.25, 0.3) is 0 Å². The molecule has 0 radical (unpaired) electrons. The highest BCUT2D eigenvalue weighted by molar-refractivity contribution is 5.95. The molecular formula is C27H49N5O6. The predicted octanol–water partition coefficient (Wildman–Crippen LogP) is 1.25. The Morgan fingerprint density at radius 2 is 1.45 bits per heavy atom. The SMILES string of the molecule is CC[C@H](C)[C@H](NC(=O)[C@H](CC(C)C)NC(=O)[C@@H](N)C(C)C)C(=O)N[C@H](C(=O)N1CCC[C@H]1C(=O)O)C(C)C. The van der Waals surface area contributed by atoms with Gasteiger partial charge < -0.3 is 31.7 Å². The summed E-state index contributed by atoms with van der Waals surface area (Å²) < 4.78 is 0. The Labute approximate surface area is 227 Å². The molecule has 0 aliphatic carbocycles. The quantitative estimate of drug-likeness (QED) is 0.221. The van der Waals surface area contributed by atoms with E-state index < -0.39 is 59.8 Å². The van der Waals surface area contributed by atoms with Crippen molar-refractivity contribution >= 4 is 29.6 Å². The van der Waals surface area contributed by atoms with Crippen LogP contribution in [-0.2, 0) is 24.0 Å². The van der Waals surface area contributed by atoms with Crippen LogP contribution in [0.5, 0.6) is 0 Å². The van der Waals surface area contributed by atoms with Crippen LogP contribution >= 0.6 is 0 Å². The van der Waals surface area contributed by atoms with Gasteiger partial charge in [-0.2, -0.15) is 0 Å². The molecule has 0 aromatic heterocycles. The first kappa shape index (κ1) is 33.3. The van der Waals surface area contributed by atoms with Gasteiger partial charge in [-0.15, -0.1) is 0 Å². The summed E-state index contributed by atoms with van der Waals surface area (Å²) in [4.78, 5) is 65.6. The summed E-state index contributed by atoms with van der Waals surface area (Å²) in [5.41, 5.74) is 5.97. The van der Waals surface area contributed by atoms with Crippen molar-refractivity contribution in [3.8, 4) is 0 Å². The number of amides is 4. The molecule has 1 aliphatic heterocycles. The summed E-state index contributed by atoms with van der Waals surface area (Å²) in [6.07, 6.45) is 1.88. The van der Waals surface area contributed by atoms with Crippen LogP contribution in [0, 0.1) is 23.7 Å². The summed E-state index contributed by atoms with van der Waals surface area (Å²) in [7, 11) is 0. The van der Waals surface area contributed by atoms with Crippen LogP contribution in [0.4, 0.5) is 0 Å². The Kier molecular flexibility index (Phi) is 13.2. The van der Waals surface area contributed by atoms with Gasteiger partial charge >= 0.3 is 5.97 Å². The second kappa shape index (κ2) is 15.0. The Balaban J connectivity index is 3.12. The first-order chi connectivity index (χ1) is 17.6. The predicted molar refractivity (Wildman–Crippen MR) is 145 cm³/mol. The van der Waals surface area contributed by atoms with Crippen LogP contribution < -0.4 is 21.7 Å². The number of carboxylic acid groups (broad SMARTS) is 1. The van der Waals surface area contributed by atoms with E-state index in [2.05, 4.69) is 16.0 Å². The van der Waals surface area contributed by atoms with Gasteiger partial charge in [0.25, 0.3) is 0 Å². The lowest BCUT2D eigenvalue weighted by atomic mass is 9.95. The molecule has 1 rings (SSSR count). The lowest BCUT2D eigenvalue weighted by molar-refractivity contribution is -0.150. The third-order valence-electron chi connectivity index (χ3n) is 7.21. The van der Waals surface area contributed by atoms with Crippen LogP contribution in [0.2, 0.25) is 0 Å². The number of aliphatic carboxylic acids is 1. The first-order valence-electron chi connectivity index (χ1n) is 13.8. The van der Waals surface area contributed by atoms with E-state index in [0.29, 0.717) is 32.2 Å². The zero-order valence-corrected chi connectivity index (χ0v) is 24.2. The fourth-order valence-corrected chi connectivity index (χ4v) is 4.45. The standard InChI is InChI=1S/C27H49N5O6/c1-9-17(8)22(31-23(33)18(13-14(2)3)29-24(34)20(28)15(4)5)25(35)30-21(16(6)7)26(36)32-12-10-11-19(32)27(37)38/h14-22H,9-13,28H2,1-8H3,(H,29,34)(H,30,35)(H,31,33)(H,37,38)/t17-,18-,19-,20-,21-,22-/m0/s1. The molecule has 1 saturated heterocycles. The number of hydrogen-bond donors (Lipinski definition) is 5. The summed E-state index contributed by atoms with van der Waals surface area (Å²) in [5, 5.41) is 17.8. The van der Waals surface area contributed by atoms with Gasteiger partial charge in [-0.05, 0) is 42.9 Å². The van der Waals surface area contributed by atoms with E-state index in [4.69, 9.17) is 5.73 Å². The number of carboxylic acids is 1. The number of nitrogens with one attached hydrogen (secondary N) is 3. The van der Waals surface area contributed by atoms with E-state index in [1.807, 2.05) is 41.5 Å². The zero-order chi connectivity index (χ0) is 29.3. The van der Waals surface area contributed by atoms with E-state index in [1.54, 1.807) is 13.8 Å². The van der Waals surface area contributed by atoms with Crippen LogP contribution in [-0.4, -0.2) is 76.4 Å². The van der Waals surface area contributed by atoms with Gasteiger partial charge in [-0.25, -0.2) is 4.79 Å². The van der Waals surface area contributed by atoms with Crippen molar-refractivity contribution < 1.29 is 29.1 Å². The molecular weight excluding hydrogens is 490 g/mol. The van der Waals surface area contributed by atoms with E-state index in [0.717, 1.165) is 0 Å². The van der Waals surface area contributed by atoms with Crippen molar-refractivity contribution in [2.45, 2.75) is 111 Å². The van der Waals surface area contributed by atoms with Crippen molar-refractivity contribution in [1.29, 1.82) is 0 Å². The maximum Gasteiger partial charge on any atom is 0.326 e. The normalized spacial score (nSPS) is 19.6. The average molecular weight is 540 g/mol. The summed E-state index contributed by atoms with van der Waals surface area (Å²) in [6, 6.07) is -4.47. The third-order valence-corrected chi connectivity index (χ3v) is 7.21. The second-order valence-electron chi connectivity index (χ2n) is 11.6. The van der Waals surface area contributed by atoms with Crippen LogP contribution in [0.1, 0.15) is 81.1 Å². The van der Waals surface area contributed by atoms with Crippen molar-refractivity contribution in [3.05, 3.63) is 0 Å². The molecule has 0 saturated carbocycles. The molecule has 0 aromatic carbocycles. The van der Waals surface area contributed by atoms with Gasteiger partial charge in [0.15, 0.2) is 0 Å². The number of rotatable bonds is 14. The minimum absolute atomic E-state index is 0.0859. The van der Waals surface area contributed by atoms with E-state index >= 15 is 0 Å². The van der Waals surface area contributed by atoms with Gasteiger partial charge in [-0.1, -0.05) is 61.8 Å². The van der Waals surface area contributed by atoms with Crippen LogP contribution in [0.15, 0.2) is 0 Å². The maximum absolute atomic E-state index is 13.5. The van der Waals surface area contributed by atoms with Crippen LogP contribution in [0.3, 0.4) is 0 Å². The molecule has 0 aromatic rings. The Morgan fingerprint density at radius 1 is 0.868 bits per heavy atom. The number of carbonyl (C=O) groups excluding carboxylic acids is 4. The number of nitrogens with two attached hydrogens (primary N) is 1. The Morgan fingerprint density at radius 3 is 1.92 bits per heavy atom. The topological polar surface area (TPSA) is 171 Å². The van der Waals surface area contributed by atoms with Crippen molar-refractivity contribution in [2.75, 3.05) is 6.54 Å². The molecule has 6 atom stereocenters. The van der Waals surface area contributed by atoms with Gasteiger partial charge in [0.05, 0.1) is 6.04 Å². The Bertz CT molecular complexity index is 846. The van der Waals surface area contributed by atoms with Crippen molar-refractivity contribution in [1.82, 2.24) is 20.9 Å². The molecule has 11 heteroatoms. The number of nitrogens with zero attached hydrogens (tertiary/aromatic N) is 1. The van der Waals surface area contributed by atoms with Gasteiger partial charge in [0.1, 0.15) is 24.2 Å². The molecule has 0 unspecified atom stereocenters. The van der Waals surface area contributed by atoms with Crippen molar-refractivity contribution in [2.24, 2.45) is 29.4 Å². The monoisotopic (exact) mass is 539 g/mol. The summed E-state index contributed by atoms with van der Waals surface area (Å²) in [6.45, 7) is 15.1. The highest BCUT2D eigenvalue weighted by Gasteiger charge is 2.40. The molecule has 0 spiro atoms. The average Bonchev–Trinajstić information content (AvgIpc) is 3.33. The number of carbonyl (C=O) groups is 5. The number of likely N-dealkylation sites (tertiary alicyclic amines) is 1. The minimum atomic E-state index is -1.06. The smallest absolute Gasteiger partial charge is 0.326 e. The molecule has 0 bridgehead atoms. The minimum Gasteiger partial charge on any atom is -0.480 e. The molecule has 4 amide bonds. The fraction of sp³-hybridized carbons (Fsp3) is 0.815. The number of hydrogen-bond acceptors (Lipinski definition) is 6. The highest BCUT2D eigenvalue weighted by atomic mass is 16.4. The molecule has 1 fully saturated rings. The lowest BCUT2D eigenvalue weighted by Gasteiger charge is -2.32. The van der Waals surface area contributed by atoms with Gasteiger partial charge in [0.2, 0.25) is 23.6 Å². The molecule has 6 N–H and O–H groups in total. The van der Waals surface area contributed by atoms with E-state index in [9.17, 15) is 29.1 Å². The van der Waals surface area contributed by atoms with Gasteiger partial charge in [0, 0.05) is 6.54 Å². The van der Waals surface area contributed by atoms with Crippen molar-refractivity contribution in [3.63, 3.8) is 0 Å². The summed E-state index contributed by atoms with van der Waals surface area (Å²) >= 11 is 0. The molecule has 11 nitrogen and oxygen atoms in total. The fourth-order valence-electron chi connectivity index (χ4n) is 4.45. The Hall–Kier alpha value is -2.69.